The molecule has 0 unspecified atom stereocenters. The van der Waals surface area contributed by atoms with Crippen molar-refractivity contribution in [2.24, 2.45) is 0 Å². The normalized spacial score (nSPS) is 12.8. The molecule has 16 heavy (non-hydrogen) atoms. The highest BCUT2D eigenvalue weighted by Gasteiger charge is 2.05. The van der Waals surface area contributed by atoms with Crippen molar-refractivity contribution in [1.29, 1.82) is 0 Å². The molecule has 0 aliphatic heterocycles. The lowest BCUT2D eigenvalue weighted by molar-refractivity contribution is 0.627. The summed E-state index contributed by atoms with van der Waals surface area (Å²) in [5.74, 6) is -0.214. The lowest BCUT2D eigenvalue weighted by atomic mass is 9.95. The molecular formula is C15H17F. The van der Waals surface area contributed by atoms with Gasteiger partial charge in [0.2, 0.25) is 0 Å². The molecule has 0 aromatic heterocycles. The van der Waals surface area contributed by atoms with Crippen molar-refractivity contribution in [3.63, 3.8) is 0 Å². The van der Waals surface area contributed by atoms with Gasteiger partial charge in [0, 0.05) is 0 Å². The summed E-state index contributed by atoms with van der Waals surface area (Å²) in [6.07, 6.45) is 4.02. The van der Waals surface area contributed by atoms with Gasteiger partial charge in [0.1, 0.15) is 5.82 Å². The Bertz CT molecular complexity index is 433. The second-order valence-corrected chi connectivity index (χ2v) is 3.85. The van der Waals surface area contributed by atoms with Crippen molar-refractivity contribution in [1.82, 2.24) is 0 Å². The van der Waals surface area contributed by atoms with Crippen molar-refractivity contribution in [2.75, 3.05) is 0 Å². The van der Waals surface area contributed by atoms with Crippen molar-refractivity contribution in [2.45, 2.75) is 20.8 Å². The zero-order valence-electron chi connectivity index (χ0n) is 10.0. The molecule has 0 radical (unpaired) electrons. The lowest BCUT2D eigenvalue weighted by Crippen LogP contribution is -1.89. The minimum Gasteiger partial charge on any atom is -0.207 e. The first-order chi connectivity index (χ1) is 7.56. The van der Waals surface area contributed by atoms with Crippen LogP contribution >= 0.6 is 0 Å². The SMILES string of the molecule is C=C(C)C(=C(C)C=CC)c1ccc(F)cc1. The summed E-state index contributed by atoms with van der Waals surface area (Å²) in [4.78, 5) is 0. The van der Waals surface area contributed by atoms with Crippen LogP contribution in [-0.4, -0.2) is 0 Å². The van der Waals surface area contributed by atoms with E-state index in [0.717, 1.165) is 22.3 Å². The van der Waals surface area contributed by atoms with E-state index in [1.807, 2.05) is 32.9 Å². The van der Waals surface area contributed by atoms with Crippen LogP contribution in [-0.2, 0) is 0 Å². The molecule has 0 bridgehead atoms. The fraction of sp³-hybridized carbons (Fsp3) is 0.200. The predicted molar refractivity (Wildman–Crippen MR) is 68.6 cm³/mol. The fourth-order valence-electron chi connectivity index (χ4n) is 1.76. The van der Waals surface area contributed by atoms with E-state index < -0.39 is 0 Å². The Morgan fingerprint density at radius 1 is 1.19 bits per heavy atom. The van der Waals surface area contributed by atoms with Gasteiger partial charge >= 0.3 is 0 Å². The van der Waals surface area contributed by atoms with E-state index in [4.69, 9.17) is 0 Å². The zero-order valence-corrected chi connectivity index (χ0v) is 10.0. The summed E-state index contributed by atoms with van der Waals surface area (Å²) in [6.45, 7) is 9.95. The van der Waals surface area contributed by atoms with E-state index in [1.165, 1.54) is 12.1 Å². The van der Waals surface area contributed by atoms with Gasteiger partial charge in [-0.25, -0.2) is 4.39 Å². The third-order valence-corrected chi connectivity index (χ3v) is 2.37. The fourth-order valence-corrected chi connectivity index (χ4v) is 1.76. The Labute approximate surface area is 96.8 Å². The molecule has 1 aromatic carbocycles. The molecule has 84 valence electrons. The van der Waals surface area contributed by atoms with Crippen molar-refractivity contribution < 1.29 is 4.39 Å². The van der Waals surface area contributed by atoms with Gasteiger partial charge in [0.25, 0.3) is 0 Å². The molecule has 0 atom stereocenters. The van der Waals surface area contributed by atoms with Gasteiger partial charge in [-0.1, -0.05) is 36.4 Å². The van der Waals surface area contributed by atoms with Crippen LogP contribution in [0.1, 0.15) is 26.3 Å². The first-order valence-corrected chi connectivity index (χ1v) is 5.31. The number of halogens is 1. The Hall–Kier alpha value is -1.63. The van der Waals surface area contributed by atoms with Crippen LogP contribution in [0, 0.1) is 5.82 Å². The molecule has 0 spiro atoms. The van der Waals surface area contributed by atoms with Crippen molar-refractivity contribution in [3.8, 4) is 0 Å². The first kappa shape index (κ1) is 12.4. The van der Waals surface area contributed by atoms with Gasteiger partial charge in [-0.3, -0.25) is 0 Å². The summed E-state index contributed by atoms with van der Waals surface area (Å²) in [5, 5.41) is 0. The summed E-state index contributed by atoms with van der Waals surface area (Å²) < 4.78 is 12.8. The topological polar surface area (TPSA) is 0 Å². The average molecular weight is 216 g/mol. The summed E-state index contributed by atoms with van der Waals surface area (Å²) >= 11 is 0. The highest BCUT2D eigenvalue weighted by atomic mass is 19.1. The molecule has 0 fully saturated rings. The number of benzene rings is 1. The van der Waals surface area contributed by atoms with Crippen molar-refractivity contribution in [3.05, 3.63) is 65.5 Å². The molecule has 1 aromatic rings. The third-order valence-electron chi connectivity index (χ3n) is 2.37. The van der Waals surface area contributed by atoms with Gasteiger partial charge in [0.05, 0.1) is 0 Å². The zero-order chi connectivity index (χ0) is 12.1. The van der Waals surface area contributed by atoms with Crippen LogP contribution in [0.3, 0.4) is 0 Å². The van der Waals surface area contributed by atoms with Crippen LogP contribution in [0.4, 0.5) is 4.39 Å². The molecule has 1 heteroatoms. The van der Waals surface area contributed by atoms with E-state index in [2.05, 4.69) is 6.58 Å². The number of rotatable bonds is 3. The maximum Gasteiger partial charge on any atom is 0.123 e. The summed E-state index contributed by atoms with van der Waals surface area (Å²) in [5.41, 5.74) is 4.21. The Balaban J connectivity index is 3.28. The van der Waals surface area contributed by atoms with E-state index >= 15 is 0 Å². The average Bonchev–Trinajstić information content (AvgIpc) is 2.21. The minimum absolute atomic E-state index is 0.214. The predicted octanol–water partition coefficient (Wildman–Crippen LogP) is 4.75. The number of hydrogen-bond donors (Lipinski definition) is 0. The summed E-state index contributed by atoms with van der Waals surface area (Å²) in [7, 11) is 0. The summed E-state index contributed by atoms with van der Waals surface area (Å²) in [6, 6.07) is 6.51. The van der Waals surface area contributed by atoms with Crippen molar-refractivity contribution >= 4 is 5.57 Å². The lowest BCUT2D eigenvalue weighted by Gasteiger charge is -2.10. The molecule has 1 rings (SSSR count). The van der Waals surface area contributed by atoms with E-state index in [9.17, 15) is 4.39 Å². The van der Waals surface area contributed by atoms with Crippen LogP contribution in [0.2, 0.25) is 0 Å². The van der Waals surface area contributed by atoms with Crippen LogP contribution < -0.4 is 0 Å². The first-order valence-electron chi connectivity index (χ1n) is 5.31. The Kier molecular flexibility index (Phi) is 4.24. The van der Waals surface area contributed by atoms with Crippen LogP contribution in [0.15, 0.2) is 54.1 Å². The molecule has 0 heterocycles. The van der Waals surface area contributed by atoms with Gasteiger partial charge in [0.15, 0.2) is 0 Å². The maximum absolute atomic E-state index is 12.8. The van der Waals surface area contributed by atoms with Gasteiger partial charge < -0.3 is 0 Å². The molecular weight excluding hydrogens is 199 g/mol. The highest BCUT2D eigenvalue weighted by molar-refractivity contribution is 5.81. The number of hydrogen-bond acceptors (Lipinski definition) is 0. The van der Waals surface area contributed by atoms with Gasteiger partial charge in [-0.15, -0.1) is 0 Å². The van der Waals surface area contributed by atoms with Gasteiger partial charge in [-0.2, -0.15) is 0 Å². The van der Waals surface area contributed by atoms with E-state index in [1.54, 1.807) is 12.1 Å². The molecule has 0 aliphatic carbocycles. The third kappa shape index (κ3) is 2.93. The van der Waals surface area contributed by atoms with Gasteiger partial charge in [-0.05, 0) is 49.6 Å². The highest BCUT2D eigenvalue weighted by Crippen LogP contribution is 2.26. The van der Waals surface area contributed by atoms with E-state index in [-0.39, 0.29) is 5.82 Å². The molecule has 0 amide bonds. The molecule has 0 aliphatic rings. The van der Waals surface area contributed by atoms with Crippen LogP contribution in [0.25, 0.3) is 5.57 Å². The van der Waals surface area contributed by atoms with Crippen LogP contribution in [0.5, 0.6) is 0 Å². The second kappa shape index (κ2) is 5.45. The largest absolute Gasteiger partial charge is 0.207 e. The Morgan fingerprint density at radius 2 is 1.75 bits per heavy atom. The smallest absolute Gasteiger partial charge is 0.123 e. The van der Waals surface area contributed by atoms with E-state index in [0.29, 0.717) is 0 Å². The monoisotopic (exact) mass is 216 g/mol. The molecule has 0 N–H and O–H groups in total. The minimum atomic E-state index is -0.214. The maximum atomic E-state index is 12.8. The quantitative estimate of drug-likeness (QED) is 0.639. The molecule has 0 saturated carbocycles. The molecule has 0 nitrogen and oxygen atoms in total. The Morgan fingerprint density at radius 3 is 2.19 bits per heavy atom. The molecule has 0 saturated heterocycles. The second-order valence-electron chi connectivity index (χ2n) is 3.85. The standard InChI is InChI=1S/C15H17F/c1-5-6-12(4)15(11(2)3)13-7-9-14(16)10-8-13/h5-10H,2H2,1,3-4H3. The number of allylic oxidation sites excluding steroid dienone is 5.